The Kier molecular flexibility index (Phi) is 21.0. The summed E-state index contributed by atoms with van der Waals surface area (Å²) in [5.41, 5.74) is -7.56. The first kappa shape index (κ1) is 65.5. The second-order valence-electron chi connectivity index (χ2n) is 26.5. The topological polar surface area (TPSA) is 313 Å². The van der Waals surface area contributed by atoms with Crippen molar-refractivity contribution in [3.63, 3.8) is 0 Å². The number of rotatable bonds is 16. The fourth-order valence-corrected chi connectivity index (χ4v) is 9.91. The molecule has 25 heteroatoms. The predicted molar refractivity (Wildman–Crippen MR) is 284 cm³/mol. The molecule has 24 nitrogen and oxygen atoms in total. The molecule has 0 bridgehead atoms. The normalized spacial score (nSPS) is 31.3. The van der Waals surface area contributed by atoms with E-state index >= 15 is 0 Å². The molecule has 0 radical (unpaired) electrons. The highest BCUT2D eigenvalue weighted by Gasteiger charge is 2.57. The Balaban J connectivity index is 1.75. The van der Waals surface area contributed by atoms with Gasteiger partial charge in [-0.1, -0.05) is 20.8 Å². The zero-order valence-electron chi connectivity index (χ0n) is 49.0. The van der Waals surface area contributed by atoms with Gasteiger partial charge < -0.3 is 94.2 Å². The first-order valence-corrected chi connectivity index (χ1v) is 29.5. The van der Waals surface area contributed by atoms with Crippen LogP contribution in [-0.4, -0.2) is 198 Å². The fraction of sp³-hybridized carbons (Fsp3) is 0.865. The lowest BCUT2D eigenvalue weighted by Crippen LogP contribution is -2.72. The molecule has 11 atom stereocenters. The summed E-state index contributed by atoms with van der Waals surface area (Å²) in [6.07, 6.45) is -12.1. The van der Waals surface area contributed by atoms with Crippen LogP contribution in [0.3, 0.4) is 0 Å². The molecule has 2 aliphatic heterocycles. The van der Waals surface area contributed by atoms with Crippen LogP contribution in [0.25, 0.3) is 0 Å². The van der Waals surface area contributed by atoms with Crippen molar-refractivity contribution in [2.45, 2.75) is 255 Å². The maximum absolute atomic E-state index is 14.3. The lowest BCUT2D eigenvalue weighted by molar-refractivity contribution is -0.311. The van der Waals surface area contributed by atoms with Gasteiger partial charge in [-0.15, -0.1) is 0 Å². The zero-order chi connectivity index (χ0) is 58.7. The van der Waals surface area contributed by atoms with Crippen LogP contribution in [0.5, 0.6) is 0 Å². The quantitative estimate of drug-likeness (QED) is 0.0595. The Labute approximate surface area is 456 Å². The van der Waals surface area contributed by atoms with Crippen molar-refractivity contribution in [3.8, 4) is 0 Å². The van der Waals surface area contributed by atoms with Crippen molar-refractivity contribution in [2.75, 3.05) is 33.4 Å². The number of aliphatic hydroxyl groups excluding tert-OH is 2. The number of nitrogens with one attached hydrogen (secondary N) is 5. The van der Waals surface area contributed by atoms with Gasteiger partial charge in [-0.2, -0.15) is 0 Å². The number of hydrogen-bond donors (Lipinski definition) is 9. The summed E-state index contributed by atoms with van der Waals surface area (Å²) in [4.78, 5) is 68.4. The molecule has 0 aromatic carbocycles. The molecule has 4 rings (SSSR count). The summed E-state index contributed by atoms with van der Waals surface area (Å²) in [7, 11) is -0.713. The molecule has 9 N–H and O–H groups in total. The Morgan fingerprint density at radius 1 is 0.701 bits per heavy atom. The van der Waals surface area contributed by atoms with E-state index in [-0.39, 0.29) is 37.3 Å². The third kappa shape index (κ3) is 19.3. The van der Waals surface area contributed by atoms with Gasteiger partial charge in [0.1, 0.15) is 63.8 Å². The molecule has 0 aromatic heterocycles. The molecule has 2 heterocycles. The summed E-state index contributed by atoms with van der Waals surface area (Å²) in [6.45, 7) is 32.8. The van der Waals surface area contributed by atoms with Crippen LogP contribution >= 0.6 is 0 Å². The van der Waals surface area contributed by atoms with Crippen molar-refractivity contribution in [1.82, 2.24) is 31.5 Å². The van der Waals surface area contributed by atoms with Crippen LogP contribution in [0.2, 0.25) is 18.1 Å². The number of carbonyl (C=O) groups excluding carboxylic acids is 5. The Hall–Kier alpha value is -4.05. The van der Waals surface area contributed by atoms with Crippen LogP contribution in [0.15, 0.2) is 11.8 Å². The summed E-state index contributed by atoms with van der Waals surface area (Å²) >= 11 is 0. The van der Waals surface area contributed by atoms with E-state index in [1.807, 2.05) is 0 Å². The standard InChI is InChI=1S/C52H94N6O18Si/c1-46(2,3)73-42(62)54-29-25-52(67,26-29)41(61)55-32-24-33(57-44(64)75-48(7,8)9)37(34(59)36(32)72-40-35(60)38(51(16,66)28-68-40)58(17)45(65)76-49(10,11)12)71-39-31(56-43(63)74-47(4,5)6)21-20-30(70-39)27-53-22-23-69-77(18,19)50(13,14)15/h20,29,31-40,53,59-60,66-67H,21-28H2,1-19H3,(H,54,62)(H,55,61)(H,56,63)(H,57,64)/t29?,31-,32-,33+,34-,35-,36+,37-,38-,39-,40-,51+,52?/m1/s1. The molecule has 1 saturated heterocycles. The second-order valence-corrected chi connectivity index (χ2v) is 31.3. The van der Waals surface area contributed by atoms with Gasteiger partial charge in [0.2, 0.25) is 6.29 Å². The van der Waals surface area contributed by atoms with Gasteiger partial charge in [0.15, 0.2) is 14.6 Å². The number of aliphatic hydroxyl groups is 4. The van der Waals surface area contributed by atoms with E-state index in [1.54, 1.807) is 89.2 Å². The van der Waals surface area contributed by atoms with Crippen LogP contribution in [0, 0.1) is 0 Å². The van der Waals surface area contributed by atoms with Crippen molar-refractivity contribution in [2.24, 2.45) is 0 Å². The summed E-state index contributed by atoms with van der Waals surface area (Å²) in [6, 6.07) is -5.61. The number of hydrogen-bond acceptors (Lipinski definition) is 19. The van der Waals surface area contributed by atoms with Gasteiger partial charge in [-0.3, -0.25) is 4.79 Å². The molecule has 3 fully saturated rings. The molecule has 2 aliphatic carbocycles. The number of nitrogens with zero attached hydrogens (tertiary/aromatic N) is 1. The molecular weight excluding hydrogens is 1020 g/mol. The van der Waals surface area contributed by atoms with Gasteiger partial charge >= 0.3 is 24.4 Å². The van der Waals surface area contributed by atoms with Crippen molar-refractivity contribution >= 4 is 38.6 Å². The highest BCUT2D eigenvalue weighted by molar-refractivity contribution is 6.74. The molecule has 444 valence electrons. The molecule has 5 amide bonds. The molecular formula is C52H94N6O18Si. The minimum absolute atomic E-state index is 0.00659. The van der Waals surface area contributed by atoms with Crippen LogP contribution < -0.4 is 26.6 Å². The highest BCUT2D eigenvalue weighted by Crippen LogP contribution is 2.38. The average molecular weight is 1120 g/mol. The SMILES string of the molecule is CN(C(=O)OC(C)(C)C)[C@@H]1[C@@H](O)[C@@H](O[C@@H]2[C@@H](O)[C@H](O[C@H]3OC(CNCCO[Si](C)(C)C(C)(C)C)=CC[C@H]3NC(=O)OC(C)(C)C)[C@@H](NC(=O)OC(C)(C)C)C[C@H]2NC(=O)C2(O)CC(NC(=O)OC(C)(C)C)C2)OC[C@]1(C)O. The van der Waals surface area contributed by atoms with Crippen LogP contribution in [0.4, 0.5) is 19.2 Å². The van der Waals surface area contributed by atoms with Gasteiger partial charge in [-0.25, -0.2) is 19.2 Å². The Bertz CT molecular complexity index is 2070. The molecule has 0 unspecified atom stereocenters. The summed E-state index contributed by atoms with van der Waals surface area (Å²) < 4.78 is 54.1. The molecule has 77 heavy (non-hydrogen) atoms. The molecule has 4 aliphatic rings. The zero-order valence-corrected chi connectivity index (χ0v) is 50.0. The third-order valence-electron chi connectivity index (χ3n) is 13.5. The highest BCUT2D eigenvalue weighted by atomic mass is 28.4. The van der Waals surface area contributed by atoms with Gasteiger partial charge in [0, 0.05) is 39.1 Å². The summed E-state index contributed by atoms with van der Waals surface area (Å²) in [5, 5.41) is 62.4. The summed E-state index contributed by atoms with van der Waals surface area (Å²) in [5.74, 6) is -0.505. The Morgan fingerprint density at radius 2 is 1.18 bits per heavy atom. The largest absolute Gasteiger partial charge is 0.466 e. The van der Waals surface area contributed by atoms with Crippen LogP contribution in [0.1, 0.15) is 136 Å². The molecule has 0 spiro atoms. The van der Waals surface area contributed by atoms with Gasteiger partial charge in [-0.05, 0) is 127 Å². The lowest BCUT2D eigenvalue weighted by Gasteiger charge is -2.51. The van der Waals surface area contributed by atoms with E-state index in [4.69, 9.17) is 42.3 Å². The molecule has 2 saturated carbocycles. The number of alkyl carbamates (subject to hydrolysis) is 3. The van der Waals surface area contributed by atoms with Crippen molar-refractivity contribution in [3.05, 3.63) is 11.8 Å². The van der Waals surface area contributed by atoms with Crippen LogP contribution in [-0.2, 0) is 47.1 Å². The maximum Gasteiger partial charge on any atom is 0.410 e. The maximum atomic E-state index is 14.3. The van der Waals surface area contributed by atoms with E-state index in [0.717, 1.165) is 4.90 Å². The van der Waals surface area contributed by atoms with E-state index in [0.29, 0.717) is 18.9 Å². The number of carbonyl (C=O) groups is 5. The number of ether oxygens (including phenoxy) is 8. The van der Waals surface area contributed by atoms with Gasteiger partial charge in [0.25, 0.3) is 5.91 Å². The van der Waals surface area contributed by atoms with E-state index in [9.17, 15) is 44.4 Å². The van der Waals surface area contributed by atoms with E-state index in [1.165, 1.54) is 14.0 Å². The number of amides is 5. The fourth-order valence-electron chi connectivity index (χ4n) is 8.87. The van der Waals surface area contributed by atoms with Gasteiger partial charge in [0.05, 0.1) is 37.3 Å². The van der Waals surface area contributed by atoms with Crippen molar-refractivity contribution in [1.29, 1.82) is 0 Å². The lowest BCUT2D eigenvalue weighted by atomic mass is 9.74. The average Bonchev–Trinajstić information content (AvgIpc) is 3.21. The van der Waals surface area contributed by atoms with E-state index in [2.05, 4.69) is 60.4 Å². The Morgan fingerprint density at radius 3 is 1.69 bits per heavy atom. The monoisotopic (exact) mass is 1120 g/mol. The second kappa shape index (κ2) is 24.8. The minimum Gasteiger partial charge on any atom is -0.466 e. The third-order valence-corrected chi connectivity index (χ3v) is 18.0. The first-order chi connectivity index (χ1) is 34.9. The van der Waals surface area contributed by atoms with E-state index < -0.39 is 146 Å². The predicted octanol–water partition coefficient (Wildman–Crippen LogP) is 4.16. The smallest absolute Gasteiger partial charge is 0.410 e. The first-order valence-electron chi connectivity index (χ1n) is 26.6. The minimum atomic E-state index is -2.04. The molecule has 0 aromatic rings. The van der Waals surface area contributed by atoms with Crippen molar-refractivity contribution < 1.29 is 86.7 Å². The number of likely N-dealkylation sites (N-methyl/N-ethyl adjacent to an activating group) is 1.